The molecule has 2 heterocycles. The number of rotatable bonds is 6. The summed E-state index contributed by atoms with van der Waals surface area (Å²) in [6, 6.07) is -3.27. The van der Waals surface area contributed by atoms with Crippen molar-refractivity contribution < 1.29 is 44.5 Å². The quantitative estimate of drug-likeness (QED) is 0.174. The summed E-state index contributed by atoms with van der Waals surface area (Å²) >= 11 is 0. The number of aliphatic hydroxyl groups excluding tert-OH is 5. The summed E-state index contributed by atoms with van der Waals surface area (Å²) in [5, 5.41) is 50.7. The Morgan fingerprint density at radius 3 is 1.84 bits per heavy atom. The van der Waals surface area contributed by atoms with Crippen molar-refractivity contribution in [3.8, 4) is 0 Å². The zero-order chi connectivity index (χ0) is 23.7. The van der Waals surface area contributed by atoms with Crippen LogP contribution in [0.3, 0.4) is 0 Å². The summed E-state index contributed by atoms with van der Waals surface area (Å²) in [5.41, 5.74) is 29.8. The highest BCUT2D eigenvalue weighted by atomic mass is 16.7. The van der Waals surface area contributed by atoms with E-state index in [1.54, 1.807) is 0 Å². The fourth-order valence-electron chi connectivity index (χ4n) is 4.43. The molecule has 2 aliphatic heterocycles. The van der Waals surface area contributed by atoms with Gasteiger partial charge in [0.1, 0.15) is 36.6 Å². The highest BCUT2D eigenvalue weighted by molar-refractivity contribution is 5.01. The Labute approximate surface area is 185 Å². The fraction of sp³-hybridized carbons (Fsp3) is 1.00. The maximum absolute atomic E-state index is 11.0. The molecule has 14 nitrogen and oxygen atoms in total. The minimum Gasteiger partial charge on any atom is -0.394 e. The third kappa shape index (κ3) is 5.24. The number of aliphatic hydroxyl groups is 5. The largest absolute Gasteiger partial charge is 0.394 e. The van der Waals surface area contributed by atoms with Crippen LogP contribution in [0.4, 0.5) is 0 Å². The fourth-order valence-corrected chi connectivity index (χ4v) is 4.43. The highest BCUT2D eigenvalue weighted by Crippen LogP contribution is 2.30. The monoisotopic (exact) mass is 467 g/mol. The average molecular weight is 468 g/mol. The Morgan fingerprint density at radius 1 is 0.719 bits per heavy atom. The molecule has 15 N–H and O–H groups in total. The van der Waals surface area contributed by atoms with Gasteiger partial charge in [0.25, 0.3) is 0 Å². The number of ether oxygens (including phenoxy) is 4. The van der Waals surface area contributed by atoms with Crippen LogP contribution in [0.1, 0.15) is 12.8 Å². The number of hydrogen-bond donors (Lipinski definition) is 10. The van der Waals surface area contributed by atoms with Crippen LogP contribution in [0.2, 0.25) is 0 Å². The molecule has 0 unspecified atom stereocenters. The minimum absolute atomic E-state index is 0.0542. The van der Waals surface area contributed by atoms with Crippen molar-refractivity contribution >= 4 is 0 Å². The van der Waals surface area contributed by atoms with Gasteiger partial charge < -0.3 is 73.1 Å². The van der Waals surface area contributed by atoms with Crippen molar-refractivity contribution in [1.29, 1.82) is 0 Å². The van der Waals surface area contributed by atoms with Crippen molar-refractivity contribution in [3.63, 3.8) is 0 Å². The van der Waals surface area contributed by atoms with Gasteiger partial charge in [-0.25, -0.2) is 0 Å². The summed E-state index contributed by atoms with van der Waals surface area (Å²) < 4.78 is 22.7. The lowest BCUT2D eigenvalue weighted by atomic mass is 9.84. The van der Waals surface area contributed by atoms with Crippen molar-refractivity contribution in [2.75, 3.05) is 13.2 Å². The van der Waals surface area contributed by atoms with E-state index in [-0.39, 0.29) is 19.4 Å². The van der Waals surface area contributed by atoms with Crippen LogP contribution >= 0.6 is 0 Å². The van der Waals surface area contributed by atoms with E-state index in [4.69, 9.17) is 47.6 Å². The molecule has 188 valence electrons. The van der Waals surface area contributed by atoms with E-state index in [0.717, 1.165) is 0 Å². The third-order valence-corrected chi connectivity index (χ3v) is 6.41. The third-order valence-electron chi connectivity index (χ3n) is 6.41. The van der Waals surface area contributed by atoms with E-state index in [2.05, 4.69) is 0 Å². The minimum atomic E-state index is -1.44. The van der Waals surface area contributed by atoms with Gasteiger partial charge in [0, 0.05) is 18.6 Å². The molecule has 1 saturated carbocycles. The lowest BCUT2D eigenvalue weighted by Gasteiger charge is -2.47. The van der Waals surface area contributed by atoms with Crippen molar-refractivity contribution in [3.05, 3.63) is 0 Å². The number of nitrogens with two attached hydrogens (primary N) is 5. The van der Waals surface area contributed by atoms with E-state index in [9.17, 15) is 25.5 Å². The maximum Gasteiger partial charge on any atom is 0.186 e. The summed E-state index contributed by atoms with van der Waals surface area (Å²) in [6.07, 6.45) is -10.8. The summed E-state index contributed by atoms with van der Waals surface area (Å²) in [7, 11) is 0. The molecular formula is C18H37N5O9. The maximum atomic E-state index is 11.0. The van der Waals surface area contributed by atoms with Crippen LogP contribution in [0.5, 0.6) is 0 Å². The Hall–Kier alpha value is -0.560. The van der Waals surface area contributed by atoms with Gasteiger partial charge in [-0.05, 0) is 12.8 Å². The van der Waals surface area contributed by atoms with E-state index < -0.39 is 92.2 Å². The number of hydrogen-bond acceptors (Lipinski definition) is 14. The first-order valence-electron chi connectivity index (χ1n) is 10.8. The summed E-state index contributed by atoms with van der Waals surface area (Å²) in [5.74, 6) is 0. The van der Waals surface area contributed by atoms with Crippen LogP contribution in [-0.2, 0) is 18.9 Å². The Bertz CT molecular complexity index is 607. The predicted octanol–water partition coefficient (Wildman–Crippen LogP) is -6.30. The predicted molar refractivity (Wildman–Crippen MR) is 108 cm³/mol. The molecular weight excluding hydrogens is 430 g/mol. The first kappa shape index (κ1) is 26.1. The zero-order valence-electron chi connectivity index (χ0n) is 17.7. The molecule has 3 rings (SSSR count). The average Bonchev–Trinajstić information content (AvgIpc) is 2.75. The molecule has 3 fully saturated rings. The van der Waals surface area contributed by atoms with Crippen molar-refractivity contribution in [2.45, 2.75) is 98.4 Å². The molecule has 0 bridgehead atoms. The lowest BCUT2D eigenvalue weighted by molar-refractivity contribution is -0.314. The van der Waals surface area contributed by atoms with Gasteiger partial charge in [0.15, 0.2) is 12.6 Å². The molecule has 1 aliphatic carbocycles. The second kappa shape index (κ2) is 10.8. The van der Waals surface area contributed by atoms with Crippen LogP contribution in [0.15, 0.2) is 0 Å². The first-order valence-corrected chi connectivity index (χ1v) is 10.8. The van der Waals surface area contributed by atoms with Gasteiger partial charge in [-0.2, -0.15) is 0 Å². The second-order valence-electron chi connectivity index (χ2n) is 8.78. The van der Waals surface area contributed by atoms with Crippen molar-refractivity contribution in [2.24, 2.45) is 28.7 Å². The SMILES string of the molecule is NC[C@H]1O[C@@H](O[C@H]2[C@H](O)[C@@H](O[C@@H]3O[C@H](CO)[C@@H](O)[C@H](N)[C@H]3O)[C@H](N)C[C@@H]2N)[C@H](N)C[C@@H]1O. The molecule has 14 atom stereocenters. The van der Waals surface area contributed by atoms with E-state index >= 15 is 0 Å². The summed E-state index contributed by atoms with van der Waals surface area (Å²) in [4.78, 5) is 0. The Kier molecular flexibility index (Phi) is 8.79. The Morgan fingerprint density at radius 2 is 1.28 bits per heavy atom. The van der Waals surface area contributed by atoms with Gasteiger partial charge in [0.2, 0.25) is 0 Å². The zero-order valence-corrected chi connectivity index (χ0v) is 17.7. The smallest absolute Gasteiger partial charge is 0.186 e. The molecule has 0 aromatic carbocycles. The first-order chi connectivity index (χ1) is 15.1. The molecule has 0 spiro atoms. The molecule has 0 aromatic rings. The summed E-state index contributed by atoms with van der Waals surface area (Å²) in [6.45, 7) is -0.499. The molecule has 2 saturated heterocycles. The van der Waals surface area contributed by atoms with E-state index in [1.165, 1.54) is 0 Å². The lowest BCUT2D eigenvalue weighted by Crippen LogP contribution is -2.68. The standard InChI is InChI=1S/C18H37N5O9/c19-3-9-8(25)2-7(22)17(29-9)31-15-5(20)1-6(21)16(14(15)28)32-18-13(27)11(23)12(26)10(4-24)30-18/h5-18,24-28H,1-4,19-23H2/t5-,6+,7+,8-,9+,10+,11-,12+,13+,14-,15+,16-,17-,18-/m0/s1. The van der Waals surface area contributed by atoms with Crippen LogP contribution < -0.4 is 28.7 Å². The Balaban J connectivity index is 1.70. The molecule has 14 heteroatoms. The van der Waals surface area contributed by atoms with Gasteiger partial charge in [0.05, 0.1) is 30.9 Å². The van der Waals surface area contributed by atoms with E-state index in [1.807, 2.05) is 0 Å². The topological polar surface area (TPSA) is 268 Å². The van der Waals surface area contributed by atoms with Gasteiger partial charge in [-0.15, -0.1) is 0 Å². The molecule has 32 heavy (non-hydrogen) atoms. The van der Waals surface area contributed by atoms with Crippen LogP contribution in [0.25, 0.3) is 0 Å². The molecule has 0 amide bonds. The van der Waals surface area contributed by atoms with E-state index in [0.29, 0.717) is 0 Å². The molecule has 0 aromatic heterocycles. The molecule has 3 aliphatic rings. The van der Waals surface area contributed by atoms with Gasteiger partial charge in [-0.3, -0.25) is 0 Å². The second-order valence-corrected chi connectivity index (χ2v) is 8.78. The van der Waals surface area contributed by atoms with Crippen molar-refractivity contribution in [1.82, 2.24) is 0 Å². The normalized spacial score (nSPS) is 52.7. The van der Waals surface area contributed by atoms with Gasteiger partial charge >= 0.3 is 0 Å². The highest BCUT2D eigenvalue weighted by Gasteiger charge is 2.50. The molecule has 0 radical (unpaired) electrons. The van der Waals surface area contributed by atoms with Crippen LogP contribution in [0, 0.1) is 0 Å². The van der Waals surface area contributed by atoms with Crippen LogP contribution in [-0.4, -0.2) is 124 Å². The van der Waals surface area contributed by atoms with Gasteiger partial charge in [-0.1, -0.05) is 0 Å².